The molecule has 16 heavy (non-hydrogen) atoms. The molecule has 0 amide bonds. The van der Waals surface area contributed by atoms with E-state index in [1.807, 2.05) is 6.08 Å². The summed E-state index contributed by atoms with van der Waals surface area (Å²) in [5.41, 5.74) is 0. The highest BCUT2D eigenvalue weighted by Crippen LogP contribution is 2.01. The van der Waals surface area contributed by atoms with Crippen molar-refractivity contribution in [2.75, 3.05) is 0 Å². The predicted octanol–water partition coefficient (Wildman–Crippen LogP) is 4.10. The molecule has 90 valence electrons. The molecule has 0 unspecified atom stereocenters. The second kappa shape index (κ2) is 11.8. The molecular weight excluding hydrogens is 200 g/mol. The Balaban J connectivity index is 3.35. The molecule has 0 atom stereocenters. The lowest BCUT2D eigenvalue weighted by atomic mass is 10.2. The summed E-state index contributed by atoms with van der Waals surface area (Å²) < 4.78 is 0. The minimum absolute atomic E-state index is 0.902. The molecule has 0 aliphatic rings. The molecule has 0 bridgehead atoms. The van der Waals surface area contributed by atoms with E-state index in [1.165, 1.54) is 25.7 Å². The third kappa shape index (κ3) is 12.7. The zero-order valence-corrected chi connectivity index (χ0v) is 10.1. The second-order valence-corrected chi connectivity index (χ2v) is 3.67. The fourth-order valence-electron chi connectivity index (χ4n) is 1.25. The molecule has 2 nitrogen and oxygen atoms in total. The van der Waals surface area contributed by atoms with Crippen molar-refractivity contribution < 1.29 is 9.90 Å². The third-order valence-electron chi connectivity index (χ3n) is 2.13. The maximum absolute atomic E-state index is 10.1. The Hall–Kier alpha value is -1.31. The summed E-state index contributed by atoms with van der Waals surface area (Å²) in [6, 6.07) is 0. The highest BCUT2D eigenvalue weighted by molar-refractivity contribution is 5.80. The number of rotatable bonds is 9. The average Bonchev–Trinajstić information content (AvgIpc) is 2.25. The van der Waals surface area contributed by atoms with Crippen LogP contribution in [0.15, 0.2) is 36.5 Å². The van der Waals surface area contributed by atoms with Gasteiger partial charge in [-0.05, 0) is 25.7 Å². The first-order valence-electron chi connectivity index (χ1n) is 5.98. The van der Waals surface area contributed by atoms with Gasteiger partial charge in [0.2, 0.25) is 0 Å². The van der Waals surface area contributed by atoms with E-state index in [1.54, 1.807) is 12.2 Å². The first kappa shape index (κ1) is 14.7. The van der Waals surface area contributed by atoms with Gasteiger partial charge in [0, 0.05) is 6.08 Å². The van der Waals surface area contributed by atoms with Gasteiger partial charge in [0.1, 0.15) is 0 Å². The Morgan fingerprint density at radius 3 is 2.38 bits per heavy atom. The average molecular weight is 222 g/mol. The molecule has 0 radical (unpaired) electrons. The van der Waals surface area contributed by atoms with Crippen molar-refractivity contribution >= 4 is 5.97 Å². The minimum Gasteiger partial charge on any atom is -0.478 e. The van der Waals surface area contributed by atoms with Crippen molar-refractivity contribution in [3.05, 3.63) is 36.5 Å². The van der Waals surface area contributed by atoms with Crippen LogP contribution >= 0.6 is 0 Å². The van der Waals surface area contributed by atoms with Gasteiger partial charge in [-0.1, -0.05) is 50.1 Å². The van der Waals surface area contributed by atoms with Gasteiger partial charge in [-0.15, -0.1) is 0 Å². The Bertz CT molecular complexity index is 249. The number of carboxylic acid groups (broad SMARTS) is 1. The van der Waals surface area contributed by atoms with Crippen molar-refractivity contribution in [2.24, 2.45) is 0 Å². The van der Waals surface area contributed by atoms with Crippen LogP contribution < -0.4 is 0 Å². The quantitative estimate of drug-likeness (QED) is 0.276. The Kier molecular flexibility index (Phi) is 10.8. The van der Waals surface area contributed by atoms with Gasteiger partial charge < -0.3 is 5.11 Å². The molecule has 2 heteroatoms. The zero-order chi connectivity index (χ0) is 12.1. The van der Waals surface area contributed by atoms with E-state index in [-0.39, 0.29) is 0 Å². The molecular formula is C14H22O2. The van der Waals surface area contributed by atoms with E-state index in [2.05, 4.69) is 19.1 Å². The Morgan fingerprint density at radius 2 is 1.69 bits per heavy atom. The summed E-state index contributed by atoms with van der Waals surface area (Å²) in [5.74, 6) is -0.902. The highest BCUT2D eigenvalue weighted by Gasteiger charge is 1.82. The number of unbranched alkanes of at least 4 members (excludes halogenated alkanes) is 4. The molecule has 0 aromatic heterocycles. The Labute approximate surface area is 98.4 Å². The highest BCUT2D eigenvalue weighted by atomic mass is 16.4. The van der Waals surface area contributed by atoms with Crippen molar-refractivity contribution in [1.29, 1.82) is 0 Å². The van der Waals surface area contributed by atoms with Gasteiger partial charge in [-0.3, -0.25) is 0 Å². The summed E-state index contributed by atoms with van der Waals surface area (Å²) in [6.07, 6.45) is 17.9. The van der Waals surface area contributed by atoms with Crippen LogP contribution in [-0.2, 0) is 4.79 Å². The van der Waals surface area contributed by atoms with Gasteiger partial charge in [0.25, 0.3) is 0 Å². The summed E-state index contributed by atoms with van der Waals surface area (Å²) in [7, 11) is 0. The van der Waals surface area contributed by atoms with E-state index in [9.17, 15) is 4.79 Å². The molecule has 0 aromatic rings. The van der Waals surface area contributed by atoms with E-state index in [4.69, 9.17) is 5.11 Å². The van der Waals surface area contributed by atoms with Gasteiger partial charge in [-0.2, -0.15) is 0 Å². The van der Waals surface area contributed by atoms with Crippen LogP contribution in [0.3, 0.4) is 0 Å². The number of hydrogen-bond acceptors (Lipinski definition) is 1. The fourth-order valence-corrected chi connectivity index (χ4v) is 1.25. The van der Waals surface area contributed by atoms with Crippen LogP contribution in [0.1, 0.15) is 45.4 Å². The van der Waals surface area contributed by atoms with Crippen molar-refractivity contribution in [1.82, 2.24) is 0 Å². The summed E-state index contributed by atoms with van der Waals surface area (Å²) >= 11 is 0. The molecule has 0 aromatic carbocycles. The van der Waals surface area contributed by atoms with E-state index in [0.717, 1.165) is 18.9 Å². The molecule has 0 aliphatic heterocycles. The van der Waals surface area contributed by atoms with Gasteiger partial charge in [-0.25, -0.2) is 4.79 Å². The summed E-state index contributed by atoms with van der Waals surface area (Å²) in [5, 5.41) is 8.33. The molecule has 0 aliphatic carbocycles. The third-order valence-corrected chi connectivity index (χ3v) is 2.13. The molecule has 0 heterocycles. The largest absolute Gasteiger partial charge is 0.478 e. The molecule has 1 N–H and O–H groups in total. The van der Waals surface area contributed by atoms with Gasteiger partial charge in [0.05, 0.1) is 0 Å². The van der Waals surface area contributed by atoms with E-state index < -0.39 is 5.97 Å². The van der Waals surface area contributed by atoms with Crippen LogP contribution in [0.2, 0.25) is 0 Å². The number of carbonyl (C=O) groups is 1. The fraction of sp³-hybridized carbons (Fsp3) is 0.500. The number of carboxylic acids is 1. The van der Waals surface area contributed by atoms with E-state index in [0.29, 0.717) is 0 Å². The topological polar surface area (TPSA) is 37.3 Å². The first-order valence-corrected chi connectivity index (χ1v) is 5.98. The SMILES string of the molecule is CCCCCC=CCCC=CC=CC(=O)O. The summed E-state index contributed by atoms with van der Waals surface area (Å²) in [6.45, 7) is 2.21. The predicted molar refractivity (Wildman–Crippen MR) is 68.4 cm³/mol. The lowest BCUT2D eigenvalue weighted by Gasteiger charge is -1.91. The van der Waals surface area contributed by atoms with Crippen LogP contribution in [0.5, 0.6) is 0 Å². The molecule has 0 spiro atoms. The lowest BCUT2D eigenvalue weighted by molar-refractivity contribution is -0.131. The number of aliphatic carboxylic acids is 1. The van der Waals surface area contributed by atoms with Crippen molar-refractivity contribution in [3.63, 3.8) is 0 Å². The van der Waals surface area contributed by atoms with Gasteiger partial charge in [0.15, 0.2) is 0 Å². The second-order valence-electron chi connectivity index (χ2n) is 3.67. The lowest BCUT2D eigenvalue weighted by Crippen LogP contribution is -1.84. The zero-order valence-electron chi connectivity index (χ0n) is 10.1. The maximum atomic E-state index is 10.1. The van der Waals surface area contributed by atoms with Crippen molar-refractivity contribution in [2.45, 2.75) is 45.4 Å². The van der Waals surface area contributed by atoms with Crippen LogP contribution in [0, 0.1) is 0 Å². The normalized spacial score (nSPS) is 12.1. The van der Waals surface area contributed by atoms with E-state index >= 15 is 0 Å². The molecule has 0 saturated carbocycles. The van der Waals surface area contributed by atoms with Gasteiger partial charge >= 0.3 is 5.97 Å². The van der Waals surface area contributed by atoms with Crippen molar-refractivity contribution in [3.8, 4) is 0 Å². The minimum atomic E-state index is -0.902. The monoisotopic (exact) mass is 222 g/mol. The first-order chi connectivity index (χ1) is 7.77. The molecule has 0 rings (SSSR count). The van der Waals surface area contributed by atoms with Crippen LogP contribution in [0.25, 0.3) is 0 Å². The molecule has 0 fully saturated rings. The number of hydrogen-bond donors (Lipinski definition) is 1. The van der Waals surface area contributed by atoms with Crippen LogP contribution in [0.4, 0.5) is 0 Å². The number of allylic oxidation sites excluding steroid dienone is 5. The smallest absolute Gasteiger partial charge is 0.328 e. The molecule has 0 saturated heterocycles. The maximum Gasteiger partial charge on any atom is 0.328 e. The standard InChI is InChI=1S/C14H22O2/c1-2-3-4-5-6-7-8-9-10-11-12-13-14(15)16/h6-7,10-13H,2-5,8-9H2,1H3,(H,15,16). The van der Waals surface area contributed by atoms with Crippen LogP contribution in [-0.4, -0.2) is 11.1 Å². The Morgan fingerprint density at radius 1 is 1.00 bits per heavy atom. The summed E-state index contributed by atoms with van der Waals surface area (Å²) in [4.78, 5) is 10.1.